The Labute approximate surface area is 187 Å². The molecule has 0 radical (unpaired) electrons. The van der Waals surface area contributed by atoms with Crippen LogP contribution in [0.3, 0.4) is 0 Å². The number of aromatic nitrogens is 2. The van der Waals surface area contributed by atoms with Gasteiger partial charge in [0.1, 0.15) is 11.6 Å². The second kappa shape index (κ2) is 8.11. The normalized spacial score (nSPS) is 22.9. The smallest absolute Gasteiger partial charge is 0.396 e. The number of halogens is 5. The fourth-order valence-corrected chi connectivity index (χ4v) is 4.93. The maximum Gasteiger partial charge on any atom is 0.396 e. The topological polar surface area (TPSA) is 58.0 Å². The third kappa shape index (κ3) is 3.87. The molecular formula is C24H24F5N3O. The van der Waals surface area contributed by atoms with Crippen molar-refractivity contribution in [3.05, 3.63) is 59.0 Å². The molecule has 1 aromatic heterocycles. The number of rotatable bonds is 4. The number of phenolic OH excluding ortho intramolecular Hbond substituents is 1. The highest BCUT2D eigenvalue weighted by Gasteiger charge is 2.60. The highest BCUT2D eigenvalue weighted by Crippen LogP contribution is 2.60. The van der Waals surface area contributed by atoms with E-state index in [2.05, 4.69) is 15.3 Å². The summed E-state index contributed by atoms with van der Waals surface area (Å²) >= 11 is 0. The maximum atomic E-state index is 14.5. The van der Waals surface area contributed by atoms with Crippen molar-refractivity contribution in [3.63, 3.8) is 0 Å². The minimum Gasteiger partial charge on any atom is -0.505 e. The van der Waals surface area contributed by atoms with E-state index in [9.17, 15) is 27.1 Å². The molecule has 3 atom stereocenters. The number of benzene rings is 2. The Morgan fingerprint density at radius 1 is 1.21 bits per heavy atom. The first-order chi connectivity index (χ1) is 15.5. The van der Waals surface area contributed by atoms with E-state index in [0.717, 1.165) is 19.1 Å². The monoisotopic (exact) mass is 465 g/mol. The summed E-state index contributed by atoms with van der Waals surface area (Å²) in [5.41, 5.74) is -1.61. The summed E-state index contributed by atoms with van der Waals surface area (Å²) in [6.07, 6.45) is -2.63. The van der Waals surface area contributed by atoms with E-state index in [0.29, 0.717) is 24.1 Å². The lowest BCUT2D eigenvalue weighted by atomic mass is 9.63. The number of aryl methyl sites for hydroxylation is 1. The van der Waals surface area contributed by atoms with Gasteiger partial charge in [-0.3, -0.25) is 0 Å². The summed E-state index contributed by atoms with van der Waals surface area (Å²) in [6, 6.07) is 3.11. The molecule has 2 unspecified atom stereocenters. The Bertz CT molecular complexity index is 1210. The summed E-state index contributed by atoms with van der Waals surface area (Å²) in [5, 5.41) is 13.7. The van der Waals surface area contributed by atoms with Crippen molar-refractivity contribution in [2.45, 2.75) is 58.2 Å². The van der Waals surface area contributed by atoms with E-state index in [1.807, 2.05) is 6.92 Å². The Kier molecular flexibility index (Phi) is 5.70. The first-order valence-corrected chi connectivity index (χ1v) is 10.7. The lowest BCUT2D eigenvalue weighted by Crippen LogP contribution is -2.47. The van der Waals surface area contributed by atoms with E-state index < -0.39 is 40.9 Å². The Morgan fingerprint density at radius 2 is 1.94 bits per heavy atom. The molecule has 4 rings (SSSR count). The Hall–Kier alpha value is -2.97. The van der Waals surface area contributed by atoms with E-state index >= 15 is 0 Å². The van der Waals surface area contributed by atoms with Crippen LogP contribution in [0.4, 0.5) is 27.6 Å². The summed E-state index contributed by atoms with van der Waals surface area (Å²) in [4.78, 5) is 8.28. The van der Waals surface area contributed by atoms with Crippen LogP contribution < -0.4 is 5.32 Å². The molecule has 3 aromatic rings. The van der Waals surface area contributed by atoms with Gasteiger partial charge >= 0.3 is 6.18 Å². The summed E-state index contributed by atoms with van der Waals surface area (Å²) in [5.74, 6) is -2.47. The molecule has 4 nitrogen and oxygen atoms in total. The minimum atomic E-state index is -4.63. The number of nitrogens with zero attached hydrogens (tertiary/aromatic N) is 2. The summed E-state index contributed by atoms with van der Waals surface area (Å²) in [7, 11) is 0. The van der Waals surface area contributed by atoms with Crippen molar-refractivity contribution in [1.82, 2.24) is 9.97 Å². The highest BCUT2D eigenvalue weighted by atomic mass is 19.4. The van der Waals surface area contributed by atoms with Gasteiger partial charge < -0.3 is 10.4 Å². The average Bonchev–Trinajstić information content (AvgIpc) is 2.71. The van der Waals surface area contributed by atoms with Crippen LogP contribution in [-0.2, 0) is 0 Å². The number of hydrogen-bond acceptors (Lipinski definition) is 4. The molecule has 0 bridgehead atoms. The number of nitrogens with one attached hydrogen (secondary N) is 1. The molecule has 0 saturated heterocycles. The Balaban J connectivity index is 1.94. The molecule has 9 heteroatoms. The third-order valence-corrected chi connectivity index (χ3v) is 6.60. The van der Waals surface area contributed by atoms with Crippen molar-refractivity contribution in [2.24, 2.45) is 5.41 Å². The van der Waals surface area contributed by atoms with Gasteiger partial charge in [-0.25, -0.2) is 18.7 Å². The van der Waals surface area contributed by atoms with Crippen LogP contribution in [-0.4, -0.2) is 21.3 Å². The van der Waals surface area contributed by atoms with Crippen LogP contribution in [0.25, 0.3) is 10.9 Å². The molecule has 176 valence electrons. The van der Waals surface area contributed by atoms with Crippen molar-refractivity contribution < 1.29 is 27.1 Å². The zero-order valence-corrected chi connectivity index (χ0v) is 18.4. The summed E-state index contributed by atoms with van der Waals surface area (Å²) in [6.45, 7) is 4.56. The maximum absolute atomic E-state index is 14.5. The zero-order valence-electron chi connectivity index (χ0n) is 18.4. The highest BCUT2D eigenvalue weighted by molar-refractivity contribution is 5.91. The average molecular weight is 465 g/mol. The molecule has 0 saturated carbocycles. The van der Waals surface area contributed by atoms with E-state index in [4.69, 9.17) is 0 Å². The lowest BCUT2D eigenvalue weighted by molar-refractivity contribution is -0.230. The summed E-state index contributed by atoms with van der Waals surface area (Å²) < 4.78 is 72.2. The van der Waals surface area contributed by atoms with Crippen LogP contribution in [0.15, 0.2) is 30.5 Å². The molecule has 33 heavy (non-hydrogen) atoms. The van der Waals surface area contributed by atoms with Gasteiger partial charge in [0.05, 0.1) is 17.0 Å². The molecule has 0 amide bonds. The third-order valence-electron chi connectivity index (χ3n) is 6.60. The molecule has 0 aliphatic heterocycles. The van der Waals surface area contributed by atoms with Crippen molar-refractivity contribution in [2.75, 3.05) is 5.32 Å². The molecule has 0 spiro atoms. The van der Waals surface area contributed by atoms with E-state index in [1.165, 1.54) is 18.3 Å². The molecule has 0 fully saturated rings. The predicted molar refractivity (Wildman–Crippen MR) is 115 cm³/mol. The van der Waals surface area contributed by atoms with Gasteiger partial charge in [0, 0.05) is 28.9 Å². The van der Waals surface area contributed by atoms with Gasteiger partial charge in [-0.05, 0) is 50.3 Å². The zero-order chi connectivity index (χ0) is 24.1. The number of alkyl halides is 3. The molecule has 1 heterocycles. The van der Waals surface area contributed by atoms with E-state index in [-0.39, 0.29) is 28.8 Å². The predicted octanol–water partition coefficient (Wildman–Crippen LogP) is 6.93. The number of phenols is 1. The minimum absolute atomic E-state index is 0.0918. The van der Waals surface area contributed by atoms with Crippen LogP contribution in [0, 0.1) is 24.0 Å². The molecular weight excluding hydrogens is 441 g/mol. The quantitative estimate of drug-likeness (QED) is 0.410. The Morgan fingerprint density at radius 3 is 2.61 bits per heavy atom. The van der Waals surface area contributed by atoms with Gasteiger partial charge in [0.25, 0.3) is 0 Å². The number of anilines is 1. The fraction of sp³-hybridized carbons (Fsp3) is 0.417. The van der Waals surface area contributed by atoms with Crippen LogP contribution in [0.2, 0.25) is 0 Å². The second-order valence-corrected chi connectivity index (χ2v) is 8.88. The van der Waals surface area contributed by atoms with Crippen molar-refractivity contribution >= 4 is 16.6 Å². The lowest BCUT2D eigenvalue weighted by Gasteiger charge is -2.47. The standard InChI is InChI=1S/C24H24F5N3O/c1-4-5-13-10-23(3,24(27,28)29)22(15-6-7-17(26)21(33)20(13)15)32-19-9-14(25)8-18-16(19)11-30-12(2)31-18/h6-9,11,13,22,32-33H,4-5,10H2,1-3H3/t13?,22?,23-/m0/s1. The molecule has 2 aromatic carbocycles. The van der Waals surface area contributed by atoms with Crippen LogP contribution >= 0.6 is 0 Å². The van der Waals surface area contributed by atoms with Crippen molar-refractivity contribution in [3.8, 4) is 5.75 Å². The van der Waals surface area contributed by atoms with Gasteiger partial charge in [0.2, 0.25) is 0 Å². The van der Waals surface area contributed by atoms with E-state index in [1.54, 1.807) is 6.92 Å². The largest absolute Gasteiger partial charge is 0.505 e. The van der Waals surface area contributed by atoms with Crippen molar-refractivity contribution in [1.29, 1.82) is 0 Å². The first kappa shape index (κ1) is 23.2. The number of hydrogen-bond donors (Lipinski definition) is 2. The molecule has 1 aliphatic carbocycles. The van der Waals surface area contributed by atoms with Gasteiger partial charge in [-0.1, -0.05) is 19.4 Å². The SMILES string of the molecule is CCCC1C[C@](C)(C(F)(F)F)C(Nc2cc(F)cc3nc(C)ncc23)c2ccc(F)c(O)c21. The van der Waals surface area contributed by atoms with Gasteiger partial charge in [0.15, 0.2) is 11.6 Å². The van der Waals surface area contributed by atoms with Crippen LogP contribution in [0.5, 0.6) is 5.75 Å². The molecule has 2 N–H and O–H groups in total. The van der Waals surface area contributed by atoms with Gasteiger partial charge in [-0.2, -0.15) is 13.2 Å². The number of aromatic hydroxyl groups is 1. The van der Waals surface area contributed by atoms with Crippen LogP contribution in [0.1, 0.15) is 62.0 Å². The first-order valence-electron chi connectivity index (χ1n) is 10.7. The second-order valence-electron chi connectivity index (χ2n) is 8.88. The molecule has 1 aliphatic rings. The fourth-order valence-electron chi connectivity index (χ4n) is 4.93. The number of fused-ring (bicyclic) bond motifs is 2. The van der Waals surface area contributed by atoms with Gasteiger partial charge in [-0.15, -0.1) is 0 Å².